The van der Waals surface area contributed by atoms with E-state index in [4.69, 9.17) is 13.3 Å². The van der Waals surface area contributed by atoms with Crippen LogP contribution in [0.3, 0.4) is 0 Å². The van der Waals surface area contributed by atoms with Gasteiger partial charge in [-0.25, -0.2) is 43.9 Å². The molecule has 14 heteroatoms. The summed E-state index contributed by atoms with van der Waals surface area (Å²) in [6.07, 6.45) is -24.5. The number of hydrogen-bond donors (Lipinski definition) is 0. The quantitative estimate of drug-likeness (QED) is 0.285. The van der Waals surface area contributed by atoms with Gasteiger partial charge in [-0.05, 0) is 20.8 Å². The maximum absolute atomic E-state index is 14.5. The number of rotatable bonds is 14. The van der Waals surface area contributed by atoms with Gasteiger partial charge in [0.25, 0.3) is 6.43 Å². The van der Waals surface area contributed by atoms with Gasteiger partial charge in [-0.15, -0.1) is 0 Å². The van der Waals surface area contributed by atoms with Gasteiger partial charge < -0.3 is 13.3 Å². The van der Waals surface area contributed by atoms with Crippen LogP contribution in [0.5, 0.6) is 0 Å². The Hall–Kier alpha value is -0.603. The molecule has 28 heavy (non-hydrogen) atoms. The van der Waals surface area contributed by atoms with Crippen molar-refractivity contribution in [2.45, 2.75) is 69.8 Å². The normalized spacial score (nSPS) is 19.9. The van der Waals surface area contributed by atoms with E-state index in [1.807, 2.05) is 0 Å². The summed E-state index contributed by atoms with van der Waals surface area (Å²) in [6.45, 7) is 2.46. The first-order valence-corrected chi connectivity index (χ1v) is 10.1. The fourth-order valence-electron chi connectivity index (χ4n) is 2.19. The van der Waals surface area contributed by atoms with E-state index in [1.54, 1.807) is 0 Å². The van der Waals surface area contributed by atoms with Crippen molar-refractivity contribution >= 4 is 8.80 Å². The van der Waals surface area contributed by atoms with E-state index < -0.39 is 77.6 Å². The maximum Gasteiger partial charge on any atom is 0.543 e. The van der Waals surface area contributed by atoms with Crippen LogP contribution in [0.25, 0.3) is 0 Å². The van der Waals surface area contributed by atoms with Gasteiger partial charge in [0.05, 0.1) is 0 Å². The predicted octanol–water partition coefficient (Wildman–Crippen LogP) is 4.50. The van der Waals surface area contributed by atoms with Crippen molar-refractivity contribution in [3.63, 3.8) is 0 Å². The molecular weight excluding hydrogens is 434 g/mol. The first-order valence-electron chi connectivity index (χ1n) is 8.26. The third-order valence-corrected chi connectivity index (χ3v) is 6.56. The molecule has 0 bridgehead atoms. The van der Waals surface area contributed by atoms with E-state index in [-0.39, 0.29) is 0 Å². The van der Waals surface area contributed by atoms with E-state index in [9.17, 15) is 43.9 Å². The fraction of sp³-hybridized carbons (Fsp3) is 1.00. The smallest absolute Gasteiger partial charge is 0.372 e. The van der Waals surface area contributed by atoms with Crippen LogP contribution in [-0.2, 0) is 13.3 Å². The van der Waals surface area contributed by atoms with Crippen molar-refractivity contribution in [3.8, 4) is 0 Å². The van der Waals surface area contributed by atoms with Crippen LogP contribution in [0.15, 0.2) is 0 Å². The largest absolute Gasteiger partial charge is 0.543 e. The SMILES string of the molecule is CCO[Si](OCC)(OCC)C(F)C(F)(F)C(F)C(F)C(F)C(F)C(F)C(F)F. The van der Waals surface area contributed by atoms with E-state index in [1.165, 1.54) is 20.8 Å². The zero-order valence-electron chi connectivity index (χ0n) is 15.2. The average Bonchev–Trinajstić information content (AvgIpc) is 2.64. The van der Waals surface area contributed by atoms with Crippen molar-refractivity contribution in [2.24, 2.45) is 0 Å². The molecule has 0 aromatic rings. The third kappa shape index (κ3) is 6.20. The molecule has 0 aromatic heterocycles. The first-order chi connectivity index (χ1) is 12.8. The Labute approximate surface area is 156 Å². The molecule has 0 rings (SSSR count). The molecule has 0 aromatic carbocycles. The summed E-state index contributed by atoms with van der Waals surface area (Å²) in [6, 6.07) is 0. The van der Waals surface area contributed by atoms with Crippen molar-refractivity contribution in [3.05, 3.63) is 0 Å². The standard InChI is InChI=1S/C14H22F10O3Si/c1-4-25-28(26-5-2,27-6-3)13(22)14(23,24)11(19)9(17)7(15)8(16)10(18)12(20)21/h7-13H,4-6H2,1-3H3. The summed E-state index contributed by atoms with van der Waals surface area (Å²) >= 11 is 0. The minimum atomic E-state index is -5.37. The molecule has 0 saturated carbocycles. The summed E-state index contributed by atoms with van der Waals surface area (Å²) in [4.78, 5) is 0. The topological polar surface area (TPSA) is 27.7 Å². The van der Waals surface area contributed by atoms with Crippen LogP contribution in [-0.4, -0.2) is 77.6 Å². The van der Waals surface area contributed by atoms with E-state index in [0.29, 0.717) is 0 Å². The van der Waals surface area contributed by atoms with Crippen LogP contribution >= 0.6 is 0 Å². The number of halogens is 10. The van der Waals surface area contributed by atoms with Gasteiger partial charge in [0.2, 0.25) is 12.0 Å². The maximum atomic E-state index is 14.5. The Balaban J connectivity index is 5.66. The molecule has 0 heterocycles. The predicted molar refractivity (Wildman–Crippen MR) is 81.0 cm³/mol. The minimum absolute atomic E-state index is 0.422. The van der Waals surface area contributed by atoms with Gasteiger partial charge in [0.1, 0.15) is 0 Å². The molecule has 0 spiro atoms. The van der Waals surface area contributed by atoms with Crippen LogP contribution in [0.1, 0.15) is 20.8 Å². The summed E-state index contributed by atoms with van der Waals surface area (Å²) in [5.74, 6) is -9.11. The fourth-order valence-corrected chi connectivity index (χ4v) is 4.71. The molecule has 0 aliphatic heterocycles. The highest BCUT2D eigenvalue weighted by Gasteiger charge is 2.68. The highest BCUT2D eigenvalue weighted by molar-refractivity contribution is 6.62. The molecule has 0 fully saturated rings. The number of hydrogen-bond acceptors (Lipinski definition) is 3. The molecule has 0 saturated heterocycles. The van der Waals surface area contributed by atoms with Gasteiger partial charge in [-0.1, -0.05) is 0 Å². The van der Waals surface area contributed by atoms with E-state index in [2.05, 4.69) is 0 Å². The van der Waals surface area contributed by atoms with E-state index in [0.717, 1.165) is 0 Å². The lowest BCUT2D eigenvalue weighted by Gasteiger charge is -2.36. The molecule has 0 aliphatic carbocycles. The first kappa shape index (κ1) is 27.4. The Bertz CT molecular complexity index is 431. The lowest BCUT2D eigenvalue weighted by atomic mass is 10.0. The van der Waals surface area contributed by atoms with Crippen molar-refractivity contribution in [1.29, 1.82) is 0 Å². The summed E-state index contributed by atoms with van der Waals surface area (Å²) < 4.78 is 148. The van der Waals surface area contributed by atoms with E-state index >= 15 is 0 Å². The van der Waals surface area contributed by atoms with Crippen molar-refractivity contribution in [2.75, 3.05) is 19.8 Å². The second-order valence-electron chi connectivity index (χ2n) is 5.45. The zero-order chi connectivity index (χ0) is 22.3. The van der Waals surface area contributed by atoms with Gasteiger partial charge in [0.15, 0.2) is 24.7 Å². The highest BCUT2D eigenvalue weighted by atomic mass is 28.4. The Kier molecular flexibility index (Phi) is 11.3. The van der Waals surface area contributed by atoms with Crippen molar-refractivity contribution < 1.29 is 57.2 Å². The summed E-state index contributed by atoms with van der Waals surface area (Å²) in [5, 5.41) is 0. The van der Waals surface area contributed by atoms with Crippen molar-refractivity contribution in [1.82, 2.24) is 0 Å². The van der Waals surface area contributed by atoms with Crippen LogP contribution in [0.2, 0.25) is 0 Å². The van der Waals surface area contributed by atoms with Crippen LogP contribution in [0.4, 0.5) is 43.9 Å². The molecule has 3 nitrogen and oxygen atoms in total. The Morgan fingerprint density at radius 1 is 0.643 bits per heavy atom. The monoisotopic (exact) mass is 456 g/mol. The molecule has 170 valence electrons. The lowest BCUT2D eigenvalue weighted by molar-refractivity contribution is -0.160. The molecule has 0 N–H and O–H groups in total. The van der Waals surface area contributed by atoms with Crippen LogP contribution < -0.4 is 0 Å². The third-order valence-electron chi connectivity index (χ3n) is 3.49. The number of alkyl halides is 10. The average molecular weight is 456 g/mol. The second kappa shape index (κ2) is 11.5. The van der Waals surface area contributed by atoms with Gasteiger partial charge >= 0.3 is 14.7 Å². The van der Waals surface area contributed by atoms with Gasteiger partial charge in [-0.3, -0.25) is 0 Å². The minimum Gasteiger partial charge on any atom is -0.372 e. The highest BCUT2D eigenvalue weighted by Crippen LogP contribution is 2.39. The van der Waals surface area contributed by atoms with Gasteiger partial charge in [0, 0.05) is 19.8 Å². The molecule has 6 unspecified atom stereocenters. The molecule has 0 radical (unpaired) electrons. The molecule has 6 atom stereocenters. The molecule has 0 amide bonds. The summed E-state index contributed by atoms with van der Waals surface area (Å²) in [7, 11) is -4.98. The zero-order valence-corrected chi connectivity index (χ0v) is 16.2. The molecule has 0 aliphatic rings. The lowest BCUT2D eigenvalue weighted by Crippen LogP contribution is -2.65. The van der Waals surface area contributed by atoms with Crippen LogP contribution in [0, 0.1) is 0 Å². The molecular formula is C14H22F10O3Si. The Morgan fingerprint density at radius 2 is 1.00 bits per heavy atom. The Morgan fingerprint density at radius 3 is 1.32 bits per heavy atom. The summed E-state index contributed by atoms with van der Waals surface area (Å²) in [5.41, 5.74) is 0. The second-order valence-corrected chi connectivity index (χ2v) is 8.03. The van der Waals surface area contributed by atoms with Gasteiger partial charge in [-0.2, -0.15) is 0 Å².